The Labute approximate surface area is 223 Å². The molecule has 0 atom stereocenters. The first-order chi connectivity index (χ1) is 18.5. The molecule has 1 heterocycles. The van der Waals surface area contributed by atoms with E-state index >= 15 is 0 Å². The lowest BCUT2D eigenvalue weighted by molar-refractivity contribution is 0.0356. The van der Waals surface area contributed by atoms with Crippen LogP contribution in [0.3, 0.4) is 0 Å². The van der Waals surface area contributed by atoms with E-state index in [2.05, 4.69) is 101 Å². The van der Waals surface area contributed by atoms with E-state index in [0.29, 0.717) is 17.8 Å². The molecule has 0 spiro atoms. The molecule has 1 aliphatic heterocycles. The van der Waals surface area contributed by atoms with Crippen molar-refractivity contribution in [3.63, 3.8) is 0 Å². The van der Waals surface area contributed by atoms with E-state index in [-0.39, 0.29) is 5.70 Å². The molecule has 4 aromatic carbocycles. The maximum Gasteiger partial charge on any atom is 0.265 e. The van der Waals surface area contributed by atoms with Crippen LogP contribution >= 0.6 is 0 Å². The first-order valence-corrected chi connectivity index (χ1v) is 12.5. The summed E-state index contributed by atoms with van der Waals surface area (Å²) < 4.78 is 6.10. The average Bonchev–Trinajstić information content (AvgIpc) is 2.93. The monoisotopic (exact) mass is 493 g/mol. The fourth-order valence-electron chi connectivity index (χ4n) is 4.79. The van der Waals surface area contributed by atoms with Crippen LogP contribution in [0.25, 0.3) is 21.7 Å². The molecule has 1 aliphatic rings. The summed E-state index contributed by atoms with van der Waals surface area (Å²) in [5, 5.41) is 11.7. The highest BCUT2D eigenvalue weighted by Crippen LogP contribution is 2.39. The first kappa shape index (κ1) is 24.6. The number of para-hydroxylation sites is 1. The van der Waals surface area contributed by atoms with Crippen molar-refractivity contribution in [2.75, 3.05) is 4.90 Å². The van der Waals surface area contributed by atoms with Crippen LogP contribution < -0.4 is 4.90 Å². The lowest BCUT2D eigenvalue weighted by Gasteiger charge is -2.32. The smallest absolute Gasteiger partial charge is 0.265 e. The number of allylic oxidation sites excluding steroid dienone is 3. The van der Waals surface area contributed by atoms with E-state index in [1.165, 1.54) is 10.8 Å². The number of fused-ring (bicyclic) bond motifs is 1. The number of ether oxygens (including phenoxy) is 1. The maximum atomic E-state index is 9.32. The molecule has 4 aromatic rings. The molecular weight excluding hydrogens is 466 g/mol. The summed E-state index contributed by atoms with van der Waals surface area (Å²) in [6, 6.07) is 35.6. The summed E-state index contributed by atoms with van der Waals surface area (Å²) in [5.41, 5.74) is 4.61. The summed E-state index contributed by atoms with van der Waals surface area (Å²) >= 11 is 0. The van der Waals surface area contributed by atoms with Crippen molar-refractivity contribution in [1.29, 1.82) is 5.26 Å². The van der Waals surface area contributed by atoms with Crippen molar-refractivity contribution in [3.8, 4) is 6.07 Å². The van der Waals surface area contributed by atoms with E-state index in [1.807, 2.05) is 38.1 Å². The second-order valence-electron chi connectivity index (χ2n) is 9.78. The van der Waals surface area contributed by atoms with Crippen molar-refractivity contribution < 1.29 is 4.74 Å². The lowest BCUT2D eigenvalue weighted by Crippen LogP contribution is -2.27. The van der Waals surface area contributed by atoms with Gasteiger partial charge in [0.15, 0.2) is 0 Å². The molecule has 0 amide bonds. The van der Waals surface area contributed by atoms with Crippen LogP contribution in [-0.4, -0.2) is 5.60 Å². The Hall–Kier alpha value is -5.06. The molecule has 0 unspecified atom stereocenters. The van der Waals surface area contributed by atoms with Crippen molar-refractivity contribution in [3.05, 3.63) is 143 Å². The molecule has 4 nitrogen and oxygen atoms in total. The van der Waals surface area contributed by atoms with E-state index in [0.717, 1.165) is 22.6 Å². The third-order valence-electron chi connectivity index (χ3n) is 6.46. The molecule has 0 radical (unpaired) electrons. The largest absolute Gasteiger partial charge is 0.488 e. The van der Waals surface area contributed by atoms with Gasteiger partial charge in [0.05, 0.1) is 18.3 Å². The number of nitriles is 1. The van der Waals surface area contributed by atoms with Gasteiger partial charge in [-0.05, 0) is 72.9 Å². The Balaban J connectivity index is 1.49. The number of benzene rings is 4. The second-order valence-corrected chi connectivity index (χ2v) is 9.78. The van der Waals surface area contributed by atoms with Gasteiger partial charge in [-0.25, -0.2) is 10.1 Å². The highest BCUT2D eigenvalue weighted by atomic mass is 16.5. The van der Waals surface area contributed by atoms with Gasteiger partial charge in [0.25, 0.3) is 5.70 Å². The van der Waals surface area contributed by atoms with E-state index in [9.17, 15) is 5.26 Å². The molecule has 0 saturated carbocycles. The van der Waals surface area contributed by atoms with Gasteiger partial charge in [0.2, 0.25) is 0 Å². The standard InChI is InChI=1S/C34H27N3O/c1-34(2)23-27(32(24-35)36-3)22-30(38-34)21-18-25-16-19-29(20-17-25)37(28-12-5-4-6-13-28)33-15-9-11-26-10-7-8-14-31(26)33/h4-22H,23H2,1-2H3/b21-18+,32-27+. The van der Waals surface area contributed by atoms with Gasteiger partial charge >= 0.3 is 0 Å². The molecule has 0 bridgehead atoms. The molecule has 0 N–H and O–H groups in total. The Morgan fingerprint density at radius 2 is 1.58 bits per heavy atom. The normalized spacial score (nSPS) is 15.7. The zero-order valence-corrected chi connectivity index (χ0v) is 21.4. The highest BCUT2D eigenvalue weighted by Gasteiger charge is 2.27. The van der Waals surface area contributed by atoms with Crippen molar-refractivity contribution in [2.45, 2.75) is 25.9 Å². The minimum absolute atomic E-state index is 0.117. The van der Waals surface area contributed by atoms with E-state index in [1.54, 1.807) is 6.08 Å². The Bertz CT molecular complexity index is 1630. The second kappa shape index (κ2) is 10.5. The SMILES string of the molecule is [C-]#[N+]/C(C#N)=C1C=C(/C=C/c2ccc(N(c3ccccc3)c3cccc4ccccc34)cc2)OC(C)(C)C\1. The summed E-state index contributed by atoms with van der Waals surface area (Å²) in [4.78, 5) is 5.66. The van der Waals surface area contributed by atoms with E-state index in [4.69, 9.17) is 11.3 Å². The zero-order chi connectivity index (χ0) is 26.5. The minimum atomic E-state index is -0.491. The molecule has 0 aromatic heterocycles. The zero-order valence-electron chi connectivity index (χ0n) is 21.4. The topological polar surface area (TPSA) is 40.6 Å². The maximum absolute atomic E-state index is 9.32. The van der Waals surface area contributed by atoms with Gasteiger partial charge in [-0.1, -0.05) is 72.8 Å². The molecule has 4 heteroatoms. The summed E-state index contributed by atoms with van der Waals surface area (Å²) in [6.07, 6.45) is 6.20. The van der Waals surface area contributed by atoms with E-state index < -0.39 is 5.60 Å². The first-order valence-electron chi connectivity index (χ1n) is 12.5. The van der Waals surface area contributed by atoms with Gasteiger partial charge < -0.3 is 9.64 Å². The number of anilines is 3. The Morgan fingerprint density at radius 3 is 2.32 bits per heavy atom. The molecule has 0 aliphatic carbocycles. The van der Waals surface area contributed by atoms with Gasteiger partial charge in [-0.2, -0.15) is 0 Å². The predicted octanol–water partition coefficient (Wildman–Crippen LogP) is 9.10. The average molecular weight is 494 g/mol. The molecule has 0 fully saturated rings. The van der Waals surface area contributed by atoms with Crippen molar-refractivity contribution in [1.82, 2.24) is 0 Å². The molecule has 38 heavy (non-hydrogen) atoms. The fraction of sp³-hybridized carbons (Fsp3) is 0.118. The number of hydrogen-bond acceptors (Lipinski definition) is 3. The number of rotatable bonds is 5. The molecular formula is C34H27N3O. The highest BCUT2D eigenvalue weighted by molar-refractivity contribution is 5.98. The molecule has 5 rings (SSSR count). The van der Waals surface area contributed by atoms with Gasteiger partial charge in [0.1, 0.15) is 11.4 Å². The number of hydrogen-bond donors (Lipinski definition) is 0. The summed E-state index contributed by atoms with van der Waals surface area (Å²) in [6.45, 7) is 11.2. The summed E-state index contributed by atoms with van der Waals surface area (Å²) in [5.74, 6) is 0.637. The van der Waals surface area contributed by atoms with Gasteiger partial charge in [0, 0.05) is 23.2 Å². The third kappa shape index (κ3) is 5.21. The van der Waals surface area contributed by atoms with Gasteiger partial charge in [-0.15, -0.1) is 0 Å². The Morgan fingerprint density at radius 1 is 0.895 bits per heavy atom. The van der Waals surface area contributed by atoms with Crippen LogP contribution in [-0.2, 0) is 4.74 Å². The van der Waals surface area contributed by atoms with Crippen LogP contribution in [0.1, 0.15) is 25.8 Å². The number of nitrogens with zero attached hydrogens (tertiary/aromatic N) is 3. The van der Waals surface area contributed by atoms with Crippen LogP contribution in [0.4, 0.5) is 17.1 Å². The lowest BCUT2D eigenvalue weighted by atomic mass is 9.93. The van der Waals surface area contributed by atoms with Crippen LogP contribution in [0.2, 0.25) is 0 Å². The minimum Gasteiger partial charge on any atom is -0.488 e. The van der Waals surface area contributed by atoms with Crippen LogP contribution in [0.15, 0.2) is 126 Å². The molecule has 0 saturated heterocycles. The van der Waals surface area contributed by atoms with Crippen LogP contribution in [0.5, 0.6) is 0 Å². The van der Waals surface area contributed by atoms with Crippen LogP contribution in [0, 0.1) is 17.9 Å². The quantitative estimate of drug-likeness (QED) is 0.206. The van der Waals surface area contributed by atoms with Gasteiger partial charge in [-0.3, -0.25) is 0 Å². The van der Waals surface area contributed by atoms with Crippen molar-refractivity contribution >= 4 is 33.9 Å². The predicted molar refractivity (Wildman–Crippen MR) is 155 cm³/mol. The third-order valence-corrected chi connectivity index (χ3v) is 6.46. The fourth-order valence-corrected chi connectivity index (χ4v) is 4.79. The van der Waals surface area contributed by atoms with Crippen molar-refractivity contribution in [2.24, 2.45) is 0 Å². The Kier molecular flexibility index (Phi) is 6.81. The molecule has 184 valence electrons. The summed E-state index contributed by atoms with van der Waals surface area (Å²) in [7, 11) is 0.